The lowest BCUT2D eigenvalue weighted by atomic mass is 9.55. The minimum atomic E-state index is -1.48. The van der Waals surface area contributed by atoms with E-state index in [0.717, 1.165) is 70.2 Å². The molecule has 8 rings (SSSR count). The third kappa shape index (κ3) is 12.9. The predicted octanol–water partition coefficient (Wildman–Crippen LogP) is 12.3. The van der Waals surface area contributed by atoms with Gasteiger partial charge in [0, 0.05) is 41.8 Å². The first-order valence-corrected chi connectivity index (χ1v) is 26.7. The van der Waals surface area contributed by atoms with Crippen molar-refractivity contribution in [3.63, 3.8) is 0 Å². The quantitative estimate of drug-likeness (QED) is 0.0252. The molecule has 6 atom stereocenters. The Bertz CT molecular complexity index is 2600. The number of nitrogens with zero attached hydrogens (tertiary/aromatic N) is 2. The van der Waals surface area contributed by atoms with Gasteiger partial charge in [-0.15, -0.1) is 18.3 Å². The van der Waals surface area contributed by atoms with Crippen LogP contribution in [0.4, 0.5) is 4.79 Å². The largest absolute Gasteiger partial charge is 0.493 e. The molecule has 11 nitrogen and oxygen atoms in total. The molecule has 2 N–H and O–H groups in total. The average Bonchev–Trinajstić information content (AvgIpc) is 3.39. The number of aliphatic hydroxyl groups is 2. The van der Waals surface area contributed by atoms with Crippen molar-refractivity contribution in [2.45, 2.75) is 107 Å². The van der Waals surface area contributed by atoms with Gasteiger partial charge in [0.2, 0.25) is 5.79 Å². The number of hydrogen-bond donors (Lipinski definition) is 2. The van der Waals surface area contributed by atoms with Crippen molar-refractivity contribution in [1.82, 2.24) is 4.90 Å². The molecule has 0 radical (unpaired) electrons. The van der Waals surface area contributed by atoms with Gasteiger partial charge in [-0.1, -0.05) is 121 Å². The van der Waals surface area contributed by atoms with Gasteiger partial charge >= 0.3 is 6.09 Å². The lowest BCUT2D eigenvalue weighted by molar-refractivity contribution is -0.256. The van der Waals surface area contributed by atoms with E-state index in [1.165, 1.54) is 4.90 Å². The Hall–Kier alpha value is -5.63. The SMILES string of the molecule is C=CCO[C@@]12Oc3ccc(OCCSc4ccccc4)cc3[C@H]3[C@H](CCCCO)[C@@H](CCCCO)C=C(C(=NOC(C)(C)C)C[C@@H]1N(Cc1cccc4ccccc14)C(=O)OCCOCc1ccccc1)[C@H]32. The van der Waals surface area contributed by atoms with Gasteiger partial charge in [0.1, 0.15) is 29.7 Å². The van der Waals surface area contributed by atoms with Crippen molar-refractivity contribution in [3.8, 4) is 11.5 Å². The van der Waals surface area contributed by atoms with Gasteiger partial charge in [0.15, 0.2) is 0 Å². The fourth-order valence-electron chi connectivity index (χ4n) is 10.7. The number of unbranched alkanes of at least 4 members (excludes halogenated alkanes) is 2. The van der Waals surface area contributed by atoms with Crippen LogP contribution in [0, 0.1) is 17.8 Å². The molecule has 0 spiro atoms. The summed E-state index contributed by atoms with van der Waals surface area (Å²) in [6.07, 6.45) is 8.40. The van der Waals surface area contributed by atoms with Crippen LogP contribution >= 0.6 is 11.8 Å². The minimum absolute atomic E-state index is 0.0228. The number of hydrogen-bond acceptors (Lipinski definition) is 11. The van der Waals surface area contributed by atoms with Crippen LogP contribution in [0.5, 0.6) is 11.5 Å². The highest BCUT2D eigenvalue weighted by Gasteiger charge is 2.66. The van der Waals surface area contributed by atoms with E-state index in [4.69, 9.17) is 33.7 Å². The fraction of sp³-hybridized carbons (Fsp3) is 0.433. The number of carbonyl (C=O) groups is 1. The molecule has 12 heteroatoms. The summed E-state index contributed by atoms with van der Waals surface area (Å²) in [5.41, 5.74) is 4.00. The predicted molar refractivity (Wildman–Crippen MR) is 285 cm³/mol. The van der Waals surface area contributed by atoms with Gasteiger partial charge in [-0.25, -0.2) is 4.79 Å². The van der Waals surface area contributed by atoms with Crippen LogP contribution in [0.25, 0.3) is 10.8 Å². The summed E-state index contributed by atoms with van der Waals surface area (Å²) in [5, 5.41) is 27.3. The number of carbonyl (C=O) groups excluding carboxylic acids is 1. The van der Waals surface area contributed by atoms with Gasteiger partial charge in [-0.05, 0) is 116 Å². The van der Waals surface area contributed by atoms with Gasteiger partial charge in [0.25, 0.3) is 0 Å². The van der Waals surface area contributed by atoms with Crippen molar-refractivity contribution in [2.75, 3.05) is 45.4 Å². The molecule has 72 heavy (non-hydrogen) atoms. The maximum Gasteiger partial charge on any atom is 0.410 e. The number of aliphatic hydroxyl groups excluding tert-OH is 2. The van der Waals surface area contributed by atoms with E-state index >= 15 is 4.79 Å². The number of allylic oxidation sites excluding steroid dienone is 1. The first kappa shape index (κ1) is 52.7. The summed E-state index contributed by atoms with van der Waals surface area (Å²) in [6, 6.07) is 39.9. The van der Waals surface area contributed by atoms with E-state index in [1.807, 2.05) is 99.6 Å². The smallest absolute Gasteiger partial charge is 0.410 e. The topological polar surface area (TPSA) is 129 Å². The highest BCUT2D eigenvalue weighted by atomic mass is 32.2. The molecule has 3 aliphatic rings. The molecular weight excluding hydrogens is 925 g/mol. The third-order valence-electron chi connectivity index (χ3n) is 13.8. The highest BCUT2D eigenvalue weighted by molar-refractivity contribution is 7.99. The lowest BCUT2D eigenvalue weighted by Crippen LogP contribution is -2.70. The Morgan fingerprint density at radius 2 is 1.61 bits per heavy atom. The monoisotopic (exact) mass is 996 g/mol. The van der Waals surface area contributed by atoms with Crippen molar-refractivity contribution < 1.29 is 43.5 Å². The molecule has 0 aromatic heterocycles. The first-order valence-electron chi connectivity index (χ1n) is 25.7. The molecular formula is C60H72N2O9S. The zero-order chi connectivity index (χ0) is 50.3. The fourth-order valence-corrected chi connectivity index (χ4v) is 11.5. The van der Waals surface area contributed by atoms with E-state index in [0.29, 0.717) is 37.5 Å². The zero-order valence-corrected chi connectivity index (χ0v) is 43.0. The Morgan fingerprint density at radius 3 is 2.38 bits per heavy atom. The normalized spacial score (nSPS) is 21.8. The van der Waals surface area contributed by atoms with E-state index in [9.17, 15) is 10.2 Å². The Morgan fingerprint density at radius 1 is 0.875 bits per heavy atom. The molecule has 0 saturated heterocycles. The van der Waals surface area contributed by atoms with Crippen LogP contribution in [-0.2, 0) is 32.2 Å². The van der Waals surface area contributed by atoms with E-state index in [1.54, 1.807) is 22.7 Å². The van der Waals surface area contributed by atoms with Gasteiger partial charge < -0.3 is 38.7 Å². The summed E-state index contributed by atoms with van der Waals surface area (Å²) in [5.74, 6) is 0.0763. The zero-order valence-electron chi connectivity index (χ0n) is 42.2. The van der Waals surface area contributed by atoms with E-state index in [-0.39, 0.29) is 63.8 Å². The lowest BCUT2D eigenvalue weighted by Gasteiger charge is -2.60. The molecule has 1 aliphatic heterocycles. The molecule has 0 unspecified atom stereocenters. The van der Waals surface area contributed by atoms with Gasteiger partial charge in [-0.3, -0.25) is 4.90 Å². The molecule has 1 saturated carbocycles. The van der Waals surface area contributed by atoms with Gasteiger partial charge in [0.05, 0.1) is 44.6 Å². The molecule has 5 aromatic carbocycles. The third-order valence-corrected chi connectivity index (χ3v) is 14.8. The average molecular weight is 997 g/mol. The van der Waals surface area contributed by atoms with Crippen molar-refractivity contribution >= 4 is 34.3 Å². The Kier molecular flexibility index (Phi) is 18.5. The maximum absolute atomic E-state index is 15.3. The van der Waals surface area contributed by atoms with Crippen molar-refractivity contribution in [2.24, 2.45) is 22.9 Å². The molecule has 2 aliphatic carbocycles. The number of rotatable bonds is 25. The number of benzene rings is 5. The molecule has 1 heterocycles. The van der Waals surface area contributed by atoms with Crippen LogP contribution in [0.3, 0.4) is 0 Å². The minimum Gasteiger partial charge on any atom is -0.493 e. The van der Waals surface area contributed by atoms with E-state index in [2.05, 4.69) is 55.1 Å². The summed E-state index contributed by atoms with van der Waals surface area (Å²) < 4.78 is 33.6. The second-order valence-electron chi connectivity index (χ2n) is 19.9. The molecule has 0 bridgehead atoms. The molecule has 5 aromatic rings. The molecule has 1 fully saturated rings. The second-order valence-corrected chi connectivity index (χ2v) is 21.1. The standard InChI is InChI=1S/C60H72N2O9S/c1-5-33-69-60-55(62(41-46-24-18-23-44-21-12-13-27-49(44)46)58(65)68-35-34-66-42-43-19-8-6-9-20-43)40-53(61-71-59(2,3)4)51-38-45(22-14-16-31-63)50(28-15-17-32-64)56(57(51)60)52-39-47(29-30-54(52)70-60)67-36-37-72-48-25-10-7-11-26-48/h5-13,18-21,23-27,29-30,38-39,45,50,55-57,63-64H,1,14-17,22,28,31-37,40-42H2,2-4H3/t45-,50+,55-,56+,57+,60+/m0/s1. The Labute approximate surface area is 430 Å². The van der Waals surface area contributed by atoms with Crippen LogP contribution in [0.2, 0.25) is 0 Å². The van der Waals surface area contributed by atoms with E-state index < -0.39 is 29.4 Å². The first-order chi connectivity index (χ1) is 35.1. The maximum atomic E-state index is 15.3. The second kappa shape index (κ2) is 25.3. The van der Waals surface area contributed by atoms with Crippen LogP contribution in [0.15, 0.2) is 156 Å². The Balaban J connectivity index is 1.26. The van der Waals surface area contributed by atoms with Crippen LogP contribution in [0.1, 0.15) is 88.3 Å². The number of oxime groups is 1. The highest BCUT2D eigenvalue weighted by Crippen LogP contribution is 2.62. The number of fused-ring (bicyclic) bond motifs is 3. The molecule has 1 amide bonds. The van der Waals surface area contributed by atoms with Crippen molar-refractivity contribution in [3.05, 3.63) is 162 Å². The van der Waals surface area contributed by atoms with Crippen LogP contribution < -0.4 is 9.47 Å². The number of thioether (sulfide) groups is 1. The van der Waals surface area contributed by atoms with Gasteiger partial charge in [-0.2, -0.15) is 0 Å². The van der Waals surface area contributed by atoms with Crippen LogP contribution in [-0.4, -0.2) is 89.7 Å². The summed E-state index contributed by atoms with van der Waals surface area (Å²) in [6.45, 7) is 11.7. The molecule has 382 valence electrons. The summed E-state index contributed by atoms with van der Waals surface area (Å²) >= 11 is 1.75. The number of amides is 1. The summed E-state index contributed by atoms with van der Waals surface area (Å²) in [7, 11) is 0. The number of ether oxygens (including phenoxy) is 5. The summed E-state index contributed by atoms with van der Waals surface area (Å²) in [4.78, 5) is 24.6. The van der Waals surface area contributed by atoms with Crippen molar-refractivity contribution in [1.29, 1.82) is 0 Å².